The maximum atomic E-state index is 11.9. The molecule has 1 heterocycles. The molecule has 0 radical (unpaired) electrons. The lowest BCUT2D eigenvalue weighted by molar-refractivity contribution is 0.262. The molecule has 100 valence electrons. The van der Waals surface area contributed by atoms with Crippen LogP contribution in [0.3, 0.4) is 0 Å². The number of carbonyl (C=O) groups excluding carboxylic acids is 1. The molecule has 0 aliphatic rings. The topological polar surface area (TPSA) is 59.0 Å². The quantitative estimate of drug-likeness (QED) is 0.885. The molecule has 0 spiro atoms. The third kappa shape index (κ3) is 2.88. The molecule has 2 aromatic rings. The lowest BCUT2D eigenvalue weighted by Gasteiger charge is -2.09. The number of benzene rings is 1. The van der Waals surface area contributed by atoms with Crippen LogP contribution in [0.15, 0.2) is 24.3 Å². The maximum Gasteiger partial charge on any atom is 0.323 e. The minimum atomic E-state index is -0.340. The van der Waals surface area contributed by atoms with Crippen molar-refractivity contribution in [1.29, 1.82) is 0 Å². The Balaban J connectivity index is 2.12. The Hall–Kier alpha value is -2.01. The van der Waals surface area contributed by atoms with E-state index < -0.39 is 0 Å². The first-order valence-electron chi connectivity index (χ1n) is 5.81. The summed E-state index contributed by atoms with van der Waals surface area (Å²) in [6, 6.07) is 6.73. The third-order valence-electron chi connectivity index (χ3n) is 2.87. The van der Waals surface area contributed by atoms with Gasteiger partial charge in [0.05, 0.1) is 27.8 Å². The van der Waals surface area contributed by atoms with E-state index in [1.54, 1.807) is 22.9 Å². The number of para-hydroxylation sites is 1. The van der Waals surface area contributed by atoms with E-state index in [0.717, 1.165) is 11.4 Å². The summed E-state index contributed by atoms with van der Waals surface area (Å²) < 4.78 is 1.72. The van der Waals surface area contributed by atoms with Crippen molar-refractivity contribution in [3.05, 3.63) is 40.7 Å². The van der Waals surface area contributed by atoms with Gasteiger partial charge in [-0.15, -0.1) is 0 Å². The van der Waals surface area contributed by atoms with E-state index in [-0.39, 0.29) is 6.03 Å². The molecule has 0 bridgehead atoms. The van der Waals surface area contributed by atoms with E-state index >= 15 is 0 Å². The van der Waals surface area contributed by atoms with Crippen LogP contribution < -0.4 is 10.6 Å². The van der Waals surface area contributed by atoms with Crippen LogP contribution in [-0.2, 0) is 7.05 Å². The fourth-order valence-electron chi connectivity index (χ4n) is 1.78. The lowest BCUT2D eigenvalue weighted by Crippen LogP contribution is -2.20. The second-order valence-electron chi connectivity index (χ2n) is 4.23. The summed E-state index contributed by atoms with van der Waals surface area (Å²) in [6.07, 6.45) is 0. The third-order valence-corrected chi connectivity index (χ3v) is 3.20. The number of carbonyl (C=O) groups is 1. The second-order valence-corrected chi connectivity index (χ2v) is 4.64. The van der Waals surface area contributed by atoms with E-state index in [1.807, 2.05) is 27.0 Å². The largest absolute Gasteiger partial charge is 0.323 e. The summed E-state index contributed by atoms with van der Waals surface area (Å²) in [5.74, 6) is 0. The molecule has 0 atom stereocenters. The van der Waals surface area contributed by atoms with Gasteiger partial charge in [-0.25, -0.2) is 4.79 Å². The summed E-state index contributed by atoms with van der Waals surface area (Å²) in [4.78, 5) is 11.9. The van der Waals surface area contributed by atoms with Crippen molar-refractivity contribution < 1.29 is 4.79 Å². The Bertz CT molecular complexity index is 621. The molecule has 1 aromatic heterocycles. The van der Waals surface area contributed by atoms with Gasteiger partial charge in [0.2, 0.25) is 0 Å². The Kier molecular flexibility index (Phi) is 3.76. The molecular weight excluding hydrogens is 264 g/mol. The van der Waals surface area contributed by atoms with Gasteiger partial charge in [-0.3, -0.25) is 4.68 Å². The fourth-order valence-corrected chi connectivity index (χ4v) is 1.97. The van der Waals surface area contributed by atoms with Gasteiger partial charge in [0.25, 0.3) is 0 Å². The standard InChI is InChI=1S/C13H15ClN4O/c1-8-12(9(2)18(3)17-8)16-13(19)15-11-7-5-4-6-10(11)14/h4-7H,1-3H3,(H2,15,16,19). The summed E-state index contributed by atoms with van der Waals surface area (Å²) >= 11 is 5.98. The van der Waals surface area contributed by atoms with Crippen LogP contribution in [0.1, 0.15) is 11.4 Å². The van der Waals surface area contributed by atoms with E-state index in [4.69, 9.17) is 11.6 Å². The monoisotopic (exact) mass is 278 g/mol. The summed E-state index contributed by atoms with van der Waals surface area (Å²) in [5, 5.41) is 10.2. The van der Waals surface area contributed by atoms with Crippen LogP contribution in [0.2, 0.25) is 5.02 Å². The molecule has 0 saturated heterocycles. The zero-order valence-corrected chi connectivity index (χ0v) is 11.7. The van der Waals surface area contributed by atoms with Crippen molar-refractivity contribution in [2.24, 2.45) is 7.05 Å². The highest BCUT2D eigenvalue weighted by atomic mass is 35.5. The molecule has 5 nitrogen and oxygen atoms in total. The van der Waals surface area contributed by atoms with Crippen LogP contribution in [0.5, 0.6) is 0 Å². The van der Waals surface area contributed by atoms with Gasteiger partial charge in [-0.1, -0.05) is 23.7 Å². The van der Waals surface area contributed by atoms with Crippen LogP contribution in [0.4, 0.5) is 16.2 Å². The van der Waals surface area contributed by atoms with Crippen LogP contribution in [-0.4, -0.2) is 15.8 Å². The predicted molar refractivity (Wildman–Crippen MR) is 76.8 cm³/mol. The number of halogens is 1. The first kappa shape index (κ1) is 13.4. The van der Waals surface area contributed by atoms with E-state index in [0.29, 0.717) is 16.4 Å². The Morgan fingerprint density at radius 3 is 2.53 bits per heavy atom. The smallest absolute Gasteiger partial charge is 0.306 e. The van der Waals surface area contributed by atoms with Crippen LogP contribution >= 0.6 is 11.6 Å². The minimum Gasteiger partial charge on any atom is -0.306 e. The molecular formula is C13H15ClN4O. The van der Waals surface area contributed by atoms with Gasteiger partial charge in [0.15, 0.2) is 0 Å². The first-order valence-corrected chi connectivity index (χ1v) is 6.19. The number of nitrogens with zero attached hydrogens (tertiary/aromatic N) is 2. The van der Waals surface area contributed by atoms with Crippen molar-refractivity contribution in [3.63, 3.8) is 0 Å². The number of aryl methyl sites for hydroxylation is 2. The van der Waals surface area contributed by atoms with Gasteiger partial charge >= 0.3 is 6.03 Å². The Labute approximate surface area is 116 Å². The molecule has 0 aliphatic carbocycles. The summed E-state index contributed by atoms with van der Waals surface area (Å²) in [5.41, 5.74) is 2.95. The van der Waals surface area contributed by atoms with Gasteiger partial charge in [0.1, 0.15) is 0 Å². The van der Waals surface area contributed by atoms with E-state index in [1.165, 1.54) is 0 Å². The molecule has 0 fully saturated rings. The van der Waals surface area contributed by atoms with Crippen molar-refractivity contribution in [2.75, 3.05) is 10.6 Å². The average Bonchev–Trinajstić information content (AvgIpc) is 2.59. The van der Waals surface area contributed by atoms with Gasteiger partial charge in [-0.05, 0) is 26.0 Å². The molecule has 2 N–H and O–H groups in total. The summed E-state index contributed by atoms with van der Waals surface area (Å²) in [6.45, 7) is 3.74. The number of nitrogens with one attached hydrogen (secondary N) is 2. The van der Waals surface area contributed by atoms with Gasteiger partial charge in [0, 0.05) is 7.05 Å². The minimum absolute atomic E-state index is 0.340. The van der Waals surface area contributed by atoms with Crippen molar-refractivity contribution in [2.45, 2.75) is 13.8 Å². The molecule has 6 heteroatoms. The van der Waals surface area contributed by atoms with E-state index in [2.05, 4.69) is 15.7 Å². The number of urea groups is 1. The number of anilines is 2. The van der Waals surface area contributed by atoms with Crippen molar-refractivity contribution in [1.82, 2.24) is 9.78 Å². The highest BCUT2D eigenvalue weighted by Crippen LogP contribution is 2.22. The SMILES string of the molecule is Cc1nn(C)c(C)c1NC(=O)Nc1ccccc1Cl. The number of hydrogen-bond donors (Lipinski definition) is 2. The predicted octanol–water partition coefficient (Wildman–Crippen LogP) is 3.33. The molecule has 19 heavy (non-hydrogen) atoms. The zero-order valence-electron chi connectivity index (χ0n) is 11.0. The molecule has 0 aliphatic heterocycles. The average molecular weight is 279 g/mol. The number of hydrogen-bond acceptors (Lipinski definition) is 2. The van der Waals surface area contributed by atoms with Crippen molar-refractivity contribution >= 4 is 29.0 Å². The normalized spacial score (nSPS) is 10.3. The summed E-state index contributed by atoms with van der Waals surface area (Å²) in [7, 11) is 1.83. The van der Waals surface area contributed by atoms with E-state index in [9.17, 15) is 4.79 Å². The fraction of sp³-hybridized carbons (Fsp3) is 0.231. The lowest BCUT2D eigenvalue weighted by atomic mass is 10.3. The number of amides is 2. The molecule has 2 rings (SSSR count). The van der Waals surface area contributed by atoms with Crippen LogP contribution in [0, 0.1) is 13.8 Å². The number of aromatic nitrogens is 2. The first-order chi connectivity index (χ1) is 8.99. The van der Waals surface area contributed by atoms with Gasteiger partial charge in [-0.2, -0.15) is 5.10 Å². The molecule has 0 saturated carbocycles. The Morgan fingerprint density at radius 1 is 1.26 bits per heavy atom. The zero-order chi connectivity index (χ0) is 14.0. The number of rotatable bonds is 2. The van der Waals surface area contributed by atoms with Crippen molar-refractivity contribution in [3.8, 4) is 0 Å². The molecule has 0 unspecified atom stereocenters. The molecule has 1 aromatic carbocycles. The van der Waals surface area contributed by atoms with Crippen LogP contribution in [0.25, 0.3) is 0 Å². The maximum absolute atomic E-state index is 11.9. The Morgan fingerprint density at radius 2 is 1.95 bits per heavy atom. The highest BCUT2D eigenvalue weighted by molar-refractivity contribution is 6.33. The highest BCUT2D eigenvalue weighted by Gasteiger charge is 2.12. The second kappa shape index (κ2) is 5.32. The van der Waals surface area contributed by atoms with Gasteiger partial charge < -0.3 is 10.6 Å². The molecule has 2 amide bonds.